The molecule has 156 valence electrons. The number of halogens is 2. The summed E-state index contributed by atoms with van der Waals surface area (Å²) >= 11 is 12.0. The van der Waals surface area contributed by atoms with Crippen LogP contribution >= 0.6 is 23.2 Å². The molecule has 0 aromatic heterocycles. The molecule has 0 bridgehead atoms. The van der Waals surface area contributed by atoms with Crippen molar-refractivity contribution < 1.29 is 22.7 Å². The highest BCUT2D eigenvalue weighted by atomic mass is 35.5. The Balaban J connectivity index is 1.64. The number of rotatable bonds is 7. The number of ether oxygens (including phenoxy) is 2. The summed E-state index contributed by atoms with van der Waals surface area (Å²) in [5.74, 6) is 0.784. The number of amides is 1. The molecule has 0 spiro atoms. The standard InChI is InChI=1S/C19H20Cl2N2O5S/c1-29(25,26)23(14-5-7-17-18(12-14)28-10-9-27-17)8-2-3-19(24)22-16-11-13(20)4-6-15(16)21/h4-7,11-12H,2-3,8-10H2,1H3,(H,22,24). The topological polar surface area (TPSA) is 84.9 Å². The average molecular weight is 459 g/mol. The highest BCUT2D eigenvalue weighted by Crippen LogP contribution is 2.34. The number of fused-ring (bicyclic) bond motifs is 1. The largest absolute Gasteiger partial charge is 0.486 e. The lowest BCUT2D eigenvalue weighted by Crippen LogP contribution is -2.31. The molecule has 2 aromatic rings. The molecule has 1 amide bonds. The molecule has 10 heteroatoms. The minimum Gasteiger partial charge on any atom is -0.486 e. The van der Waals surface area contributed by atoms with Crippen LogP contribution in [0.5, 0.6) is 11.5 Å². The predicted molar refractivity (Wildman–Crippen MR) is 114 cm³/mol. The SMILES string of the molecule is CS(=O)(=O)N(CCCC(=O)Nc1cc(Cl)ccc1Cl)c1ccc2c(c1)OCCO2. The van der Waals surface area contributed by atoms with Gasteiger partial charge in [-0.15, -0.1) is 0 Å². The lowest BCUT2D eigenvalue weighted by atomic mass is 10.2. The maximum absolute atomic E-state index is 12.3. The molecule has 29 heavy (non-hydrogen) atoms. The molecule has 7 nitrogen and oxygen atoms in total. The van der Waals surface area contributed by atoms with Crippen molar-refractivity contribution in [2.75, 3.05) is 35.6 Å². The Hall–Kier alpha value is -2.16. The third-order valence-electron chi connectivity index (χ3n) is 4.18. The minimum absolute atomic E-state index is 0.111. The second-order valence-corrected chi connectivity index (χ2v) is 9.19. The van der Waals surface area contributed by atoms with Gasteiger partial charge in [0.25, 0.3) is 0 Å². The molecule has 1 heterocycles. The van der Waals surface area contributed by atoms with Crippen LogP contribution in [0.4, 0.5) is 11.4 Å². The molecule has 0 aliphatic carbocycles. The highest BCUT2D eigenvalue weighted by Gasteiger charge is 2.21. The second kappa shape index (κ2) is 9.11. The van der Waals surface area contributed by atoms with E-state index in [0.29, 0.717) is 52.6 Å². The van der Waals surface area contributed by atoms with Gasteiger partial charge in [-0.05, 0) is 36.8 Å². The molecule has 3 rings (SSSR count). The Morgan fingerprint density at radius 3 is 2.55 bits per heavy atom. The molecule has 1 aliphatic heterocycles. The molecule has 2 aromatic carbocycles. The van der Waals surface area contributed by atoms with Crippen LogP contribution in [-0.4, -0.2) is 40.3 Å². The van der Waals surface area contributed by atoms with E-state index in [4.69, 9.17) is 32.7 Å². The van der Waals surface area contributed by atoms with E-state index in [1.54, 1.807) is 36.4 Å². The molecule has 0 atom stereocenters. The van der Waals surface area contributed by atoms with E-state index in [-0.39, 0.29) is 18.9 Å². The van der Waals surface area contributed by atoms with E-state index >= 15 is 0 Å². The van der Waals surface area contributed by atoms with Crippen molar-refractivity contribution in [1.82, 2.24) is 0 Å². The number of nitrogens with zero attached hydrogens (tertiary/aromatic N) is 1. The number of nitrogens with one attached hydrogen (secondary N) is 1. The van der Waals surface area contributed by atoms with Gasteiger partial charge in [-0.25, -0.2) is 8.42 Å². The van der Waals surface area contributed by atoms with Crippen LogP contribution in [0, 0.1) is 0 Å². The number of anilines is 2. The summed E-state index contributed by atoms with van der Waals surface area (Å²) in [5.41, 5.74) is 0.867. The zero-order valence-corrected chi connectivity index (χ0v) is 18.0. The fourth-order valence-corrected chi connectivity index (χ4v) is 4.16. The molecule has 0 saturated carbocycles. The molecule has 0 fully saturated rings. The lowest BCUT2D eigenvalue weighted by molar-refractivity contribution is -0.116. The van der Waals surface area contributed by atoms with Gasteiger partial charge in [-0.2, -0.15) is 0 Å². The van der Waals surface area contributed by atoms with E-state index in [9.17, 15) is 13.2 Å². The Kier molecular flexibility index (Phi) is 6.77. The summed E-state index contributed by atoms with van der Waals surface area (Å²) in [4.78, 5) is 12.2. The summed E-state index contributed by atoms with van der Waals surface area (Å²) in [6, 6.07) is 9.72. The summed E-state index contributed by atoms with van der Waals surface area (Å²) in [7, 11) is -3.55. The molecule has 0 unspecified atom stereocenters. The molecular formula is C19H20Cl2N2O5S. The number of hydrogen-bond donors (Lipinski definition) is 1. The first-order valence-corrected chi connectivity index (χ1v) is 11.5. The van der Waals surface area contributed by atoms with Crippen LogP contribution in [0.25, 0.3) is 0 Å². The maximum Gasteiger partial charge on any atom is 0.232 e. The van der Waals surface area contributed by atoms with Crippen molar-refractivity contribution >= 4 is 50.5 Å². The zero-order chi connectivity index (χ0) is 21.0. The van der Waals surface area contributed by atoms with Crippen molar-refractivity contribution in [3.8, 4) is 11.5 Å². The lowest BCUT2D eigenvalue weighted by Gasteiger charge is -2.25. The van der Waals surface area contributed by atoms with Gasteiger partial charge < -0.3 is 14.8 Å². The van der Waals surface area contributed by atoms with Gasteiger partial charge in [0.15, 0.2) is 11.5 Å². The third kappa shape index (κ3) is 5.68. The fourth-order valence-electron chi connectivity index (χ4n) is 2.86. The van der Waals surface area contributed by atoms with Crippen LogP contribution < -0.4 is 19.1 Å². The molecule has 0 radical (unpaired) electrons. The molecule has 1 N–H and O–H groups in total. The van der Waals surface area contributed by atoms with Crippen LogP contribution in [0.3, 0.4) is 0 Å². The van der Waals surface area contributed by atoms with Crippen molar-refractivity contribution in [2.45, 2.75) is 12.8 Å². The van der Waals surface area contributed by atoms with Gasteiger partial charge in [0.05, 0.1) is 22.7 Å². The summed E-state index contributed by atoms with van der Waals surface area (Å²) in [6.45, 7) is 0.991. The first-order chi connectivity index (χ1) is 13.7. The second-order valence-electron chi connectivity index (χ2n) is 6.44. The Morgan fingerprint density at radius 2 is 1.83 bits per heavy atom. The van der Waals surface area contributed by atoms with Crippen molar-refractivity contribution in [1.29, 1.82) is 0 Å². The van der Waals surface area contributed by atoms with Crippen LogP contribution in [0.1, 0.15) is 12.8 Å². The predicted octanol–water partition coefficient (Wildman–Crippen LogP) is 3.95. The first kappa shape index (κ1) is 21.5. The van der Waals surface area contributed by atoms with Gasteiger partial charge in [0, 0.05) is 24.1 Å². The molecule has 1 aliphatic rings. The number of sulfonamides is 1. The third-order valence-corrected chi connectivity index (χ3v) is 5.94. The maximum atomic E-state index is 12.3. The van der Waals surface area contributed by atoms with Crippen molar-refractivity contribution in [2.24, 2.45) is 0 Å². The fraction of sp³-hybridized carbons (Fsp3) is 0.316. The number of carbonyl (C=O) groups is 1. The van der Waals surface area contributed by atoms with Crippen LogP contribution in [0.15, 0.2) is 36.4 Å². The molecular weight excluding hydrogens is 439 g/mol. The van der Waals surface area contributed by atoms with E-state index in [2.05, 4.69) is 5.32 Å². The first-order valence-electron chi connectivity index (χ1n) is 8.86. The van der Waals surface area contributed by atoms with E-state index < -0.39 is 10.0 Å². The smallest absolute Gasteiger partial charge is 0.232 e. The van der Waals surface area contributed by atoms with E-state index in [1.165, 1.54) is 4.31 Å². The van der Waals surface area contributed by atoms with Crippen LogP contribution in [-0.2, 0) is 14.8 Å². The monoisotopic (exact) mass is 458 g/mol. The Bertz CT molecular complexity index is 1010. The number of hydrogen-bond acceptors (Lipinski definition) is 5. The normalized spacial score (nSPS) is 13.1. The van der Waals surface area contributed by atoms with Crippen molar-refractivity contribution in [3.05, 3.63) is 46.4 Å². The van der Waals surface area contributed by atoms with Gasteiger partial charge >= 0.3 is 0 Å². The van der Waals surface area contributed by atoms with Gasteiger partial charge in [-0.3, -0.25) is 9.10 Å². The Morgan fingerprint density at radius 1 is 1.10 bits per heavy atom. The van der Waals surface area contributed by atoms with Crippen molar-refractivity contribution in [3.63, 3.8) is 0 Å². The summed E-state index contributed by atoms with van der Waals surface area (Å²) in [6.07, 6.45) is 1.54. The summed E-state index contributed by atoms with van der Waals surface area (Å²) < 4.78 is 36.8. The highest BCUT2D eigenvalue weighted by molar-refractivity contribution is 7.92. The number of carbonyl (C=O) groups excluding carboxylic acids is 1. The van der Waals surface area contributed by atoms with Gasteiger partial charge in [0.2, 0.25) is 15.9 Å². The van der Waals surface area contributed by atoms with E-state index in [1.807, 2.05) is 0 Å². The van der Waals surface area contributed by atoms with Gasteiger partial charge in [0.1, 0.15) is 13.2 Å². The minimum atomic E-state index is -3.55. The van der Waals surface area contributed by atoms with Crippen LogP contribution in [0.2, 0.25) is 10.0 Å². The summed E-state index contributed by atoms with van der Waals surface area (Å²) in [5, 5.41) is 3.51. The van der Waals surface area contributed by atoms with Gasteiger partial charge in [-0.1, -0.05) is 23.2 Å². The van der Waals surface area contributed by atoms with E-state index in [0.717, 1.165) is 6.26 Å². The zero-order valence-electron chi connectivity index (χ0n) is 15.7. The molecule has 0 saturated heterocycles. The number of benzene rings is 2. The Labute approximate surface area is 179 Å². The average Bonchev–Trinajstić information content (AvgIpc) is 2.67. The quantitative estimate of drug-likeness (QED) is 0.678.